The fourth-order valence-electron chi connectivity index (χ4n) is 1.82. The maximum Gasteiger partial charge on any atom is 0.301 e. The zero-order chi connectivity index (χ0) is 14.7. The van der Waals surface area contributed by atoms with E-state index in [4.69, 9.17) is 16.0 Å². The first-order valence-electron chi connectivity index (χ1n) is 6.19. The van der Waals surface area contributed by atoms with E-state index in [0.29, 0.717) is 10.6 Å². The highest BCUT2D eigenvalue weighted by Gasteiger charge is 2.13. The van der Waals surface area contributed by atoms with E-state index in [1.54, 1.807) is 12.1 Å². The molecule has 0 saturated carbocycles. The lowest BCUT2D eigenvalue weighted by Gasteiger charge is -2.04. The number of carbonyl (C=O) groups is 1. The van der Waals surface area contributed by atoms with Gasteiger partial charge in [-0.25, -0.2) is 0 Å². The summed E-state index contributed by atoms with van der Waals surface area (Å²) in [4.78, 5) is 15.8. The normalized spacial score (nSPS) is 10.7. The molecule has 1 heterocycles. The SMILES string of the molecule is O=C(NNSc1ccccc1)c1cc2cccc(Cl)c2o1. The summed E-state index contributed by atoms with van der Waals surface area (Å²) < 4.78 is 5.47. The van der Waals surface area contributed by atoms with Crippen LogP contribution in [0, 0.1) is 0 Å². The molecule has 0 atom stereocenters. The van der Waals surface area contributed by atoms with Crippen LogP contribution in [0.3, 0.4) is 0 Å². The maximum atomic E-state index is 12.0. The Morgan fingerprint density at radius 3 is 2.67 bits per heavy atom. The molecule has 2 aromatic carbocycles. The van der Waals surface area contributed by atoms with E-state index in [1.807, 2.05) is 42.5 Å². The maximum absolute atomic E-state index is 12.0. The van der Waals surface area contributed by atoms with E-state index in [9.17, 15) is 4.79 Å². The number of nitrogens with one attached hydrogen (secondary N) is 2. The number of furan rings is 1. The summed E-state index contributed by atoms with van der Waals surface area (Å²) in [6.07, 6.45) is 0. The molecule has 6 heteroatoms. The topological polar surface area (TPSA) is 54.3 Å². The number of para-hydroxylation sites is 1. The number of benzene rings is 2. The van der Waals surface area contributed by atoms with Gasteiger partial charge in [-0.15, -0.1) is 0 Å². The highest BCUT2D eigenvalue weighted by atomic mass is 35.5. The number of halogens is 1. The minimum atomic E-state index is -0.356. The Bertz CT molecular complexity index is 774. The molecule has 3 rings (SSSR count). The van der Waals surface area contributed by atoms with Crippen LogP contribution in [0.15, 0.2) is 63.9 Å². The van der Waals surface area contributed by atoms with Gasteiger partial charge >= 0.3 is 5.91 Å². The summed E-state index contributed by atoms with van der Waals surface area (Å²) in [7, 11) is 0. The Morgan fingerprint density at radius 1 is 1.10 bits per heavy atom. The molecule has 0 bridgehead atoms. The summed E-state index contributed by atoms with van der Waals surface area (Å²) in [6.45, 7) is 0. The minimum absolute atomic E-state index is 0.208. The third-order valence-corrected chi connectivity index (χ3v) is 3.81. The Kier molecular flexibility index (Phi) is 4.15. The quantitative estimate of drug-likeness (QED) is 0.563. The van der Waals surface area contributed by atoms with Crippen LogP contribution in [-0.2, 0) is 0 Å². The number of rotatable bonds is 4. The average Bonchev–Trinajstić information content (AvgIpc) is 2.94. The zero-order valence-corrected chi connectivity index (χ0v) is 12.4. The monoisotopic (exact) mass is 318 g/mol. The van der Waals surface area contributed by atoms with E-state index >= 15 is 0 Å². The van der Waals surface area contributed by atoms with Crippen molar-refractivity contribution in [3.05, 3.63) is 65.4 Å². The molecule has 0 unspecified atom stereocenters. The van der Waals surface area contributed by atoms with Gasteiger partial charge in [-0.2, -0.15) is 4.83 Å². The fourth-order valence-corrected chi connectivity index (χ4v) is 2.60. The van der Waals surface area contributed by atoms with Crippen molar-refractivity contribution in [1.82, 2.24) is 10.3 Å². The van der Waals surface area contributed by atoms with Gasteiger partial charge in [-0.05, 0) is 36.2 Å². The molecular weight excluding hydrogens is 308 g/mol. The smallest absolute Gasteiger partial charge is 0.301 e. The van der Waals surface area contributed by atoms with Gasteiger partial charge in [-0.1, -0.05) is 41.9 Å². The van der Waals surface area contributed by atoms with Crippen molar-refractivity contribution in [2.75, 3.05) is 0 Å². The molecule has 0 aliphatic carbocycles. The van der Waals surface area contributed by atoms with E-state index in [2.05, 4.69) is 10.3 Å². The zero-order valence-electron chi connectivity index (χ0n) is 10.8. The summed E-state index contributed by atoms with van der Waals surface area (Å²) >= 11 is 7.32. The molecular formula is C15H11ClN2O2S. The van der Waals surface area contributed by atoms with E-state index in [0.717, 1.165) is 10.3 Å². The summed E-state index contributed by atoms with van der Waals surface area (Å²) in [5.74, 6) is -0.148. The lowest BCUT2D eigenvalue weighted by molar-refractivity contribution is 0.0921. The van der Waals surface area contributed by atoms with Gasteiger partial charge in [-0.3, -0.25) is 10.2 Å². The van der Waals surface area contributed by atoms with Crippen molar-refractivity contribution >= 4 is 40.4 Å². The van der Waals surface area contributed by atoms with Crippen LogP contribution < -0.4 is 10.3 Å². The Balaban J connectivity index is 1.65. The molecule has 0 radical (unpaired) electrons. The summed E-state index contributed by atoms with van der Waals surface area (Å²) in [5, 5.41) is 1.28. The molecule has 0 saturated heterocycles. The number of fused-ring (bicyclic) bond motifs is 1. The predicted octanol–water partition coefficient (Wildman–Crippen LogP) is 4.03. The molecule has 3 aromatic rings. The molecule has 0 aliphatic rings. The van der Waals surface area contributed by atoms with E-state index < -0.39 is 0 Å². The van der Waals surface area contributed by atoms with E-state index in [1.165, 1.54) is 11.9 Å². The van der Waals surface area contributed by atoms with Gasteiger partial charge in [0.1, 0.15) is 0 Å². The van der Waals surface area contributed by atoms with Gasteiger partial charge < -0.3 is 4.42 Å². The van der Waals surface area contributed by atoms with Gasteiger partial charge in [0, 0.05) is 10.3 Å². The second-order valence-electron chi connectivity index (χ2n) is 4.24. The molecule has 106 valence electrons. The van der Waals surface area contributed by atoms with Crippen molar-refractivity contribution in [2.45, 2.75) is 4.90 Å². The Morgan fingerprint density at radius 2 is 1.90 bits per heavy atom. The second-order valence-corrected chi connectivity index (χ2v) is 5.53. The molecule has 21 heavy (non-hydrogen) atoms. The van der Waals surface area contributed by atoms with Crippen LogP contribution >= 0.6 is 23.5 Å². The third-order valence-electron chi connectivity index (χ3n) is 2.80. The van der Waals surface area contributed by atoms with Crippen molar-refractivity contribution in [3.63, 3.8) is 0 Å². The first-order chi connectivity index (χ1) is 10.2. The van der Waals surface area contributed by atoms with Gasteiger partial charge in [0.2, 0.25) is 0 Å². The number of hydrogen-bond acceptors (Lipinski definition) is 4. The predicted molar refractivity (Wildman–Crippen MR) is 84.1 cm³/mol. The van der Waals surface area contributed by atoms with E-state index in [-0.39, 0.29) is 11.7 Å². The van der Waals surface area contributed by atoms with Crippen molar-refractivity contribution < 1.29 is 9.21 Å². The minimum Gasteiger partial charge on any atom is -0.449 e. The molecule has 0 aliphatic heterocycles. The number of hydrogen-bond donors (Lipinski definition) is 2. The van der Waals surface area contributed by atoms with Crippen LogP contribution in [0.4, 0.5) is 0 Å². The first kappa shape index (κ1) is 14.0. The van der Waals surface area contributed by atoms with Crippen LogP contribution in [-0.4, -0.2) is 5.91 Å². The Labute approximate surface area is 130 Å². The summed E-state index contributed by atoms with van der Waals surface area (Å²) in [5.41, 5.74) is 3.08. The van der Waals surface area contributed by atoms with Crippen molar-refractivity contribution in [3.8, 4) is 0 Å². The lowest BCUT2D eigenvalue weighted by Crippen LogP contribution is -2.32. The highest BCUT2D eigenvalue weighted by Crippen LogP contribution is 2.26. The highest BCUT2D eigenvalue weighted by molar-refractivity contribution is 7.97. The fraction of sp³-hybridized carbons (Fsp3) is 0. The standard InChI is InChI=1S/C15H11ClN2O2S/c16-12-8-4-5-10-9-13(20-14(10)12)15(19)17-18-21-11-6-2-1-3-7-11/h1-9,18H,(H,17,19). The van der Waals surface area contributed by atoms with Crippen LogP contribution in [0.25, 0.3) is 11.0 Å². The van der Waals surface area contributed by atoms with Crippen LogP contribution in [0.1, 0.15) is 10.6 Å². The summed E-state index contributed by atoms with van der Waals surface area (Å²) in [6, 6.07) is 16.7. The molecule has 1 amide bonds. The van der Waals surface area contributed by atoms with Crippen molar-refractivity contribution in [1.29, 1.82) is 0 Å². The second kappa shape index (κ2) is 6.22. The van der Waals surface area contributed by atoms with Crippen LogP contribution in [0.2, 0.25) is 5.02 Å². The Hall–Kier alpha value is -1.95. The van der Waals surface area contributed by atoms with Gasteiger partial charge in [0.05, 0.1) is 5.02 Å². The lowest BCUT2D eigenvalue weighted by atomic mass is 10.2. The van der Waals surface area contributed by atoms with Crippen LogP contribution in [0.5, 0.6) is 0 Å². The number of hydrazine groups is 1. The number of amides is 1. The molecule has 2 N–H and O–H groups in total. The molecule has 4 nitrogen and oxygen atoms in total. The third kappa shape index (κ3) is 3.21. The van der Waals surface area contributed by atoms with Crippen molar-refractivity contribution in [2.24, 2.45) is 0 Å². The molecule has 0 fully saturated rings. The molecule has 1 aromatic heterocycles. The average molecular weight is 319 g/mol. The first-order valence-corrected chi connectivity index (χ1v) is 7.39. The van der Waals surface area contributed by atoms with Gasteiger partial charge in [0.25, 0.3) is 0 Å². The number of carbonyl (C=O) groups excluding carboxylic acids is 1. The largest absolute Gasteiger partial charge is 0.449 e. The molecule has 0 spiro atoms. The van der Waals surface area contributed by atoms with Gasteiger partial charge in [0.15, 0.2) is 11.3 Å².